The average molecular weight is 523 g/mol. The van der Waals surface area contributed by atoms with Crippen LogP contribution in [-0.4, -0.2) is 99.2 Å². The molecule has 29 heavy (non-hydrogen) atoms. The number of piperidine rings is 1. The van der Waals surface area contributed by atoms with E-state index in [0.29, 0.717) is 0 Å². The Morgan fingerprint density at radius 1 is 0.828 bits per heavy atom. The van der Waals surface area contributed by atoms with E-state index in [1.54, 1.807) is 0 Å². The van der Waals surface area contributed by atoms with Crippen molar-refractivity contribution in [1.29, 1.82) is 0 Å². The van der Waals surface area contributed by atoms with Crippen LogP contribution < -0.4 is 10.6 Å². The summed E-state index contributed by atoms with van der Waals surface area (Å²) in [5.74, 6) is 1.91. The van der Waals surface area contributed by atoms with Gasteiger partial charge in [0.2, 0.25) is 0 Å². The Morgan fingerprint density at radius 2 is 1.45 bits per heavy atom. The standard InChI is InChI=1S/C22H46N6.HI/c1-4-23-22(25-12-8-14-27-15-9-21(3)10-16-27)24-11-6-7-13-28-19-17-26(5-2)18-20-28;/h21H,4-20H2,1-3H3,(H2,23,24,25);1H. The van der Waals surface area contributed by atoms with Gasteiger partial charge in [0.25, 0.3) is 0 Å². The quantitative estimate of drug-likeness (QED) is 0.189. The van der Waals surface area contributed by atoms with Crippen molar-refractivity contribution >= 4 is 29.9 Å². The summed E-state index contributed by atoms with van der Waals surface area (Å²) in [6.07, 6.45) is 6.37. The van der Waals surface area contributed by atoms with Gasteiger partial charge in [0.05, 0.1) is 0 Å². The zero-order valence-electron chi connectivity index (χ0n) is 19.3. The largest absolute Gasteiger partial charge is 0.357 e. The molecule has 2 fully saturated rings. The molecule has 0 aromatic heterocycles. The fourth-order valence-corrected chi connectivity index (χ4v) is 4.11. The molecular formula is C22H47IN6. The summed E-state index contributed by atoms with van der Waals surface area (Å²) in [6.45, 7) is 20.8. The van der Waals surface area contributed by atoms with Crippen molar-refractivity contribution in [3.63, 3.8) is 0 Å². The molecular weight excluding hydrogens is 475 g/mol. The van der Waals surface area contributed by atoms with Gasteiger partial charge in [0.15, 0.2) is 5.96 Å². The minimum atomic E-state index is 0. The number of aliphatic imine (C=N–C) groups is 1. The second kappa shape index (κ2) is 16.6. The van der Waals surface area contributed by atoms with Crippen molar-refractivity contribution in [1.82, 2.24) is 25.3 Å². The minimum absolute atomic E-state index is 0. The molecule has 0 bridgehead atoms. The molecule has 2 N–H and O–H groups in total. The van der Waals surface area contributed by atoms with Crippen LogP contribution in [0.1, 0.15) is 52.9 Å². The molecule has 0 radical (unpaired) electrons. The number of likely N-dealkylation sites (tertiary alicyclic amines) is 1. The second-order valence-electron chi connectivity index (χ2n) is 8.55. The first kappa shape index (κ1) is 26.9. The van der Waals surface area contributed by atoms with Crippen LogP contribution >= 0.6 is 24.0 Å². The third-order valence-corrected chi connectivity index (χ3v) is 6.23. The number of unbranched alkanes of at least 4 members (excludes halogenated alkanes) is 1. The van der Waals surface area contributed by atoms with Crippen molar-refractivity contribution < 1.29 is 0 Å². The van der Waals surface area contributed by atoms with Gasteiger partial charge in [-0.15, -0.1) is 24.0 Å². The topological polar surface area (TPSA) is 46.1 Å². The number of rotatable bonds is 11. The van der Waals surface area contributed by atoms with Gasteiger partial charge in [0.1, 0.15) is 0 Å². The Labute approximate surface area is 197 Å². The number of hydrogen-bond acceptors (Lipinski definition) is 4. The highest BCUT2D eigenvalue weighted by molar-refractivity contribution is 14.0. The number of halogens is 1. The molecule has 7 heteroatoms. The summed E-state index contributed by atoms with van der Waals surface area (Å²) in [5.41, 5.74) is 0. The lowest BCUT2D eigenvalue weighted by molar-refractivity contribution is 0.136. The van der Waals surface area contributed by atoms with E-state index < -0.39 is 0 Å². The highest BCUT2D eigenvalue weighted by atomic mass is 127. The SMILES string of the molecule is CCNC(=NCCCN1CCC(C)CC1)NCCCCN1CCN(CC)CC1.I. The first-order valence-corrected chi connectivity index (χ1v) is 11.9. The van der Waals surface area contributed by atoms with Crippen molar-refractivity contribution in [2.24, 2.45) is 10.9 Å². The zero-order chi connectivity index (χ0) is 20.0. The van der Waals surface area contributed by atoms with E-state index in [0.717, 1.165) is 37.9 Å². The molecule has 2 rings (SSSR count). The van der Waals surface area contributed by atoms with Crippen LogP contribution in [0, 0.1) is 5.92 Å². The van der Waals surface area contributed by atoms with E-state index in [4.69, 9.17) is 4.99 Å². The molecule has 2 saturated heterocycles. The molecule has 0 aromatic rings. The third-order valence-electron chi connectivity index (χ3n) is 6.23. The van der Waals surface area contributed by atoms with Crippen molar-refractivity contribution in [3.8, 4) is 0 Å². The summed E-state index contributed by atoms with van der Waals surface area (Å²) in [6, 6.07) is 0. The molecule has 6 nitrogen and oxygen atoms in total. The van der Waals surface area contributed by atoms with Crippen LogP contribution in [0.2, 0.25) is 0 Å². The Hall–Kier alpha value is -0.120. The van der Waals surface area contributed by atoms with Gasteiger partial charge < -0.3 is 25.3 Å². The van der Waals surface area contributed by atoms with Crippen LogP contribution in [0.4, 0.5) is 0 Å². The second-order valence-corrected chi connectivity index (χ2v) is 8.55. The third kappa shape index (κ3) is 11.7. The van der Waals surface area contributed by atoms with Gasteiger partial charge in [-0.05, 0) is 77.7 Å². The van der Waals surface area contributed by atoms with Gasteiger partial charge in [-0.1, -0.05) is 13.8 Å². The highest BCUT2D eigenvalue weighted by Crippen LogP contribution is 2.15. The Morgan fingerprint density at radius 3 is 2.10 bits per heavy atom. The summed E-state index contributed by atoms with van der Waals surface area (Å²) in [7, 11) is 0. The minimum Gasteiger partial charge on any atom is -0.357 e. The molecule has 2 heterocycles. The number of likely N-dealkylation sites (N-methyl/N-ethyl adjacent to an activating group) is 1. The van der Waals surface area contributed by atoms with E-state index in [9.17, 15) is 0 Å². The van der Waals surface area contributed by atoms with Gasteiger partial charge in [-0.2, -0.15) is 0 Å². The number of piperazine rings is 1. The predicted octanol–water partition coefficient (Wildman–Crippen LogP) is 2.70. The summed E-state index contributed by atoms with van der Waals surface area (Å²) >= 11 is 0. The lowest BCUT2D eigenvalue weighted by Crippen LogP contribution is -2.46. The van der Waals surface area contributed by atoms with E-state index in [1.165, 1.54) is 84.6 Å². The Kier molecular flexibility index (Phi) is 15.4. The van der Waals surface area contributed by atoms with Gasteiger partial charge in [0, 0.05) is 45.8 Å². The maximum Gasteiger partial charge on any atom is 0.191 e. The fourth-order valence-electron chi connectivity index (χ4n) is 4.11. The smallest absolute Gasteiger partial charge is 0.191 e. The average Bonchev–Trinajstić information content (AvgIpc) is 2.72. The summed E-state index contributed by atoms with van der Waals surface area (Å²) < 4.78 is 0. The van der Waals surface area contributed by atoms with Crippen LogP contribution in [0.25, 0.3) is 0 Å². The van der Waals surface area contributed by atoms with E-state index in [1.807, 2.05) is 0 Å². The molecule has 0 aliphatic carbocycles. The lowest BCUT2D eigenvalue weighted by Gasteiger charge is -2.34. The van der Waals surface area contributed by atoms with Crippen molar-refractivity contribution in [2.75, 3.05) is 78.5 Å². The van der Waals surface area contributed by atoms with Gasteiger partial charge in [-0.3, -0.25) is 4.99 Å². The summed E-state index contributed by atoms with van der Waals surface area (Å²) in [5, 5.41) is 6.91. The van der Waals surface area contributed by atoms with E-state index in [2.05, 4.69) is 46.1 Å². The molecule has 2 aliphatic heterocycles. The van der Waals surface area contributed by atoms with Crippen LogP contribution in [-0.2, 0) is 0 Å². The fraction of sp³-hybridized carbons (Fsp3) is 0.955. The molecule has 0 spiro atoms. The normalized spacial score (nSPS) is 20.4. The predicted molar refractivity (Wildman–Crippen MR) is 137 cm³/mol. The maximum absolute atomic E-state index is 4.77. The number of nitrogens with one attached hydrogen (secondary N) is 2. The van der Waals surface area contributed by atoms with E-state index in [-0.39, 0.29) is 24.0 Å². The lowest BCUT2D eigenvalue weighted by atomic mass is 9.99. The van der Waals surface area contributed by atoms with Gasteiger partial charge >= 0.3 is 0 Å². The molecule has 0 unspecified atom stereocenters. The zero-order valence-corrected chi connectivity index (χ0v) is 21.6. The Bertz CT molecular complexity index is 418. The monoisotopic (exact) mass is 522 g/mol. The molecule has 172 valence electrons. The van der Waals surface area contributed by atoms with Crippen molar-refractivity contribution in [3.05, 3.63) is 0 Å². The van der Waals surface area contributed by atoms with Gasteiger partial charge in [-0.25, -0.2) is 0 Å². The molecule has 0 aromatic carbocycles. The number of hydrogen-bond donors (Lipinski definition) is 2. The summed E-state index contributed by atoms with van der Waals surface area (Å²) in [4.78, 5) is 12.5. The molecule has 0 saturated carbocycles. The molecule has 2 aliphatic rings. The maximum atomic E-state index is 4.77. The van der Waals surface area contributed by atoms with Crippen LogP contribution in [0.15, 0.2) is 4.99 Å². The van der Waals surface area contributed by atoms with E-state index >= 15 is 0 Å². The first-order chi connectivity index (χ1) is 13.7. The van der Waals surface area contributed by atoms with Crippen molar-refractivity contribution in [2.45, 2.75) is 52.9 Å². The molecule has 0 amide bonds. The first-order valence-electron chi connectivity index (χ1n) is 11.9. The number of guanidine groups is 1. The van der Waals surface area contributed by atoms with Crippen LogP contribution in [0.3, 0.4) is 0 Å². The molecule has 0 atom stereocenters. The van der Waals surface area contributed by atoms with Crippen LogP contribution in [0.5, 0.6) is 0 Å². The Balaban J connectivity index is 0.00000420. The number of nitrogens with zero attached hydrogens (tertiary/aromatic N) is 4. The highest BCUT2D eigenvalue weighted by Gasteiger charge is 2.15.